The molecular weight excluding hydrogens is 382 g/mol. The lowest BCUT2D eigenvalue weighted by Gasteiger charge is -2.29. The number of aliphatic hydroxyl groups is 1. The average Bonchev–Trinajstić information content (AvgIpc) is 3.29. The van der Waals surface area contributed by atoms with Crippen LogP contribution in [0.25, 0.3) is 10.2 Å². The molecule has 2 aliphatic heterocycles. The molecule has 0 bridgehead atoms. The van der Waals surface area contributed by atoms with Gasteiger partial charge in [-0.2, -0.15) is 0 Å². The molecule has 9 heteroatoms. The van der Waals surface area contributed by atoms with Crippen LogP contribution in [0.5, 0.6) is 0 Å². The molecule has 0 saturated carbocycles. The molecule has 0 spiro atoms. The number of likely N-dealkylation sites (tertiary alicyclic amines) is 1. The van der Waals surface area contributed by atoms with E-state index in [1.54, 1.807) is 4.90 Å². The SMILES string of the molecule is CC1(C)Cc2c(sc3c2c(=O)n(CCO)c(=O)n3CC(=O)N2CCCC2)CO1. The summed E-state index contributed by atoms with van der Waals surface area (Å²) in [7, 11) is 0. The molecule has 4 rings (SSSR count). The van der Waals surface area contributed by atoms with Gasteiger partial charge in [0.05, 0.1) is 30.7 Å². The summed E-state index contributed by atoms with van der Waals surface area (Å²) in [5, 5.41) is 9.84. The third-order valence-electron chi connectivity index (χ3n) is 5.51. The van der Waals surface area contributed by atoms with Crippen molar-refractivity contribution in [3.63, 3.8) is 0 Å². The van der Waals surface area contributed by atoms with Crippen molar-refractivity contribution in [2.75, 3.05) is 19.7 Å². The van der Waals surface area contributed by atoms with Crippen LogP contribution in [0.1, 0.15) is 37.1 Å². The summed E-state index contributed by atoms with van der Waals surface area (Å²) < 4.78 is 8.33. The molecule has 2 aromatic rings. The van der Waals surface area contributed by atoms with Crippen molar-refractivity contribution in [1.82, 2.24) is 14.0 Å². The van der Waals surface area contributed by atoms with E-state index >= 15 is 0 Å². The fourth-order valence-electron chi connectivity index (χ4n) is 4.04. The van der Waals surface area contributed by atoms with Gasteiger partial charge in [-0.1, -0.05) is 0 Å². The molecule has 2 aromatic heterocycles. The summed E-state index contributed by atoms with van der Waals surface area (Å²) in [5.41, 5.74) is -0.441. The number of aromatic nitrogens is 2. The van der Waals surface area contributed by atoms with Gasteiger partial charge in [-0.05, 0) is 32.3 Å². The van der Waals surface area contributed by atoms with E-state index in [0.717, 1.165) is 27.8 Å². The minimum absolute atomic E-state index is 0.0873. The molecule has 1 amide bonds. The summed E-state index contributed by atoms with van der Waals surface area (Å²) in [6, 6.07) is 0. The van der Waals surface area contributed by atoms with Gasteiger partial charge in [0.1, 0.15) is 11.4 Å². The number of rotatable bonds is 4. The largest absolute Gasteiger partial charge is 0.395 e. The van der Waals surface area contributed by atoms with E-state index in [-0.39, 0.29) is 25.6 Å². The zero-order valence-corrected chi connectivity index (χ0v) is 17.0. The van der Waals surface area contributed by atoms with Crippen LogP contribution in [-0.4, -0.2) is 50.3 Å². The number of amides is 1. The second-order valence-corrected chi connectivity index (χ2v) is 9.13. The molecular formula is C19H25N3O5S. The van der Waals surface area contributed by atoms with Gasteiger partial charge in [-0.3, -0.25) is 18.7 Å². The van der Waals surface area contributed by atoms with E-state index < -0.39 is 16.9 Å². The van der Waals surface area contributed by atoms with Gasteiger partial charge in [0, 0.05) is 24.4 Å². The zero-order chi connectivity index (χ0) is 20.1. The van der Waals surface area contributed by atoms with Crippen molar-refractivity contribution in [3.05, 3.63) is 31.3 Å². The van der Waals surface area contributed by atoms with Crippen molar-refractivity contribution in [2.24, 2.45) is 0 Å². The molecule has 2 aliphatic rings. The van der Waals surface area contributed by atoms with Crippen LogP contribution >= 0.6 is 11.3 Å². The van der Waals surface area contributed by atoms with Crippen molar-refractivity contribution in [1.29, 1.82) is 0 Å². The normalized spacial score (nSPS) is 18.6. The number of thiophene rings is 1. The molecule has 4 heterocycles. The minimum Gasteiger partial charge on any atom is -0.395 e. The summed E-state index contributed by atoms with van der Waals surface area (Å²) in [6.45, 7) is 5.24. The lowest BCUT2D eigenvalue weighted by atomic mass is 9.94. The Labute approximate surface area is 165 Å². The van der Waals surface area contributed by atoms with Crippen molar-refractivity contribution in [2.45, 2.75) is 58.4 Å². The van der Waals surface area contributed by atoms with Crippen molar-refractivity contribution >= 4 is 27.5 Å². The number of aliphatic hydroxyl groups excluding tert-OH is 1. The van der Waals surface area contributed by atoms with E-state index in [1.807, 2.05) is 13.8 Å². The van der Waals surface area contributed by atoms with Gasteiger partial charge >= 0.3 is 5.69 Å². The van der Waals surface area contributed by atoms with Gasteiger partial charge in [0.15, 0.2) is 0 Å². The van der Waals surface area contributed by atoms with Gasteiger partial charge < -0.3 is 14.7 Å². The molecule has 0 aliphatic carbocycles. The molecule has 152 valence electrons. The lowest BCUT2D eigenvalue weighted by Crippen LogP contribution is -2.43. The van der Waals surface area contributed by atoms with Crippen LogP contribution in [0.15, 0.2) is 9.59 Å². The van der Waals surface area contributed by atoms with E-state index in [4.69, 9.17) is 4.74 Å². The maximum atomic E-state index is 13.1. The molecule has 1 N–H and O–H groups in total. The highest BCUT2D eigenvalue weighted by Crippen LogP contribution is 2.37. The van der Waals surface area contributed by atoms with Gasteiger partial charge in [-0.25, -0.2) is 4.79 Å². The first-order chi connectivity index (χ1) is 13.3. The Kier molecular flexibility index (Phi) is 4.93. The Morgan fingerprint density at radius 2 is 1.93 bits per heavy atom. The summed E-state index contributed by atoms with van der Waals surface area (Å²) in [5.74, 6) is -0.113. The highest BCUT2D eigenvalue weighted by molar-refractivity contribution is 7.18. The number of hydrogen-bond acceptors (Lipinski definition) is 6. The van der Waals surface area contributed by atoms with Crippen molar-refractivity contribution < 1.29 is 14.6 Å². The van der Waals surface area contributed by atoms with E-state index in [0.29, 0.717) is 36.3 Å². The lowest BCUT2D eigenvalue weighted by molar-refractivity contribution is -0.130. The van der Waals surface area contributed by atoms with Crippen LogP contribution < -0.4 is 11.2 Å². The summed E-state index contributed by atoms with van der Waals surface area (Å²) in [4.78, 5) is 42.0. The number of carbonyl (C=O) groups is 1. The second-order valence-electron chi connectivity index (χ2n) is 8.05. The Bertz CT molecular complexity index is 1040. The Morgan fingerprint density at radius 1 is 1.21 bits per heavy atom. The predicted molar refractivity (Wildman–Crippen MR) is 106 cm³/mol. The van der Waals surface area contributed by atoms with E-state index in [2.05, 4.69) is 0 Å². The predicted octanol–water partition coefficient (Wildman–Crippen LogP) is 0.691. The van der Waals surface area contributed by atoms with Crippen LogP contribution in [0, 0.1) is 0 Å². The van der Waals surface area contributed by atoms with E-state index in [1.165, 1.54) is 15.9 Å². The fraction of sp³-hybridized carbons (Fsp3) is 0.632. The first-order valence-corrected chi connectivity index (χ1v) is 10.4. The molecule has 0 radical (unpaired) electrons. The number of ether oxygens (including phenoxy) is 1. The van der Waals surface area contributed by atoms with Gasteiger partial charge in [0.2, 0.25) is 5.91 Å². The first kappa shape index (κ1) is 19.4. The van der Waals surface area contributed by atoms with Crippen LogP contribution in [0.3, 0.4) is 0 Å². The molecule has 0 unspecified atom stereocenters. The third-order valence-corrected chi connectivity index (χ3v) is 6.74. The molecule has 1 saturated heterocycles. The number of fused-ring (bicyclic) bond motifs is 3. The monoisotopic (exact) mass is 407 g/mol. The minimum atomic E-state index is -0.544. The molecule has 28 heavy (non-hydrogen) atoms. The maximum Gasteiger partial charge on any atom is 0.332 e. The van der Waals surface area contributed by atoms with Crippen LogP contribution in [0.4, 0.5) is 0 Å². The summed E-state index contributed by atoms with van der Waals surface area (Å²) in [6.07, 6.45) is 2.51. The highest BCUT2D eigenvalue weighted by Gasteiger charge is 2.32. The van der Waals surface area contributed by atoms with E-state index in [9.17, 15) is 19.5 Å². The van der Waals surface area contributed by atoms with Crippen molar-refractivity contribution in [3.8, 4) is 0 Å². The second kappa shape index (κ2) is 7.13. The molecule has 0 atom stereocenters. The number of hydrogen-bond donors (Lipinski definition) is 1. The first-order valence-electron chi connectivity index (χ1n) is 9.63. The van der Waals surface area contributed by atoms with Gasteiger partial charge in [-0.15, -0.1) is 11.3 Å². The maximum absolute atomic E-state index is 13.1. The fourth-order valence-corrected chi connectivity index (χ4v) is 5.26. The summed E-state index contributed by atoms with van der Waals surface area (Å²) >= 11 is 1.36. The van der Waals surface area contributed by atoms with Crippen LogP contribution in [0.2, 0.25) is 0 Å². The smallest absolute Gasteiger partial charge is 0.332 e. The van der Waals surface area contributed by atoms with Crippen LogP contribution in [-0.2, 0) is 35.6 Å². The Balaban J connectivity index is 1.90. The molecule has 8 nitrogen and oxygen atoms in total. The molecule has 0 aromatic carbocycles. The molecule has 1 fully saturated rings. The zero-order valence-electron chi connectivity index (χ0n) is 16.2. The van der Waals surface area contributed by atoms with Gasteiger partial charge in [0.25, 0.3) is 5.56 Å². The number of nitrogens with zero attached hydrogens (tertiary/aromatic N) is 3. The topological polar surface area (TPSA) is 93.8 Å². The Morgan fingerprint density at radius 3 is 2.61 bits per heavy atom. The Hall–Kier alpha value is -1.97. The number of carbonyl (C=O) groups excluding carboxylic acids is 1. The average molecular weight is 407 g/mol. The third kappa shape index (κ3) is 3.21. The highest BCUT2D eigenvalue weighted by atomic mass is 32.1. The quantitative estimate of drug-likeness (QED) is 0.805. The standard InChI is InChI=1S/C19H25N3O5S/c1-19(2)9-12-13(11-27-19)28-17-15(12)16(25)21(7-8-23)18(26)22(17)10-14(24)20-5-3-4-6-20/h23H,3-11H2,1-2H3.